The Morgan fingerprint density at radius 3 is 2.52 bits per heavy atom. The van der Waals surface area contributed by atoms with Gasteiger partial charge in [0.25, 0.3) is 11.7 Å². The molecular formula is C35H38N2O7. The van der Waals surface area contributed by atoms with Crippen LogP contribution in [0.2, 0.25) is 0 Å². The Balaban J connectivity index is 1.37. The Morgan fingerprint density at radius 1 is 0.955 bits per heavy atom. The molecule has 1 amide bonds. The minimum Gasteiger partial charge on any atom is -0.507 e. The zero-order valence-electron chi connectivity index (χ0n) is 25.2. The van der Waals surface area contributed by atoms with Crippen molar-refractivity contribution in [2.45, 2.75) is 39.0 Å². The first-order valence-corrected chi connectivity index (χ1v) is 15.2. The molecule has 9 heteroatoms. The van der Waals surface area contributed by atoms with E-state index in [0.29, 0.717) is 68.6 Å². The SMILES string of the molecule is CCOc1cc([C@H]2/C(=C(\O)c3ccc4c(c3)C[C@@H](C)O4)C(=O)C(=O)N2CCN2CCOCC2)ccc1OCc1ccccc1. The molecule has 0 bridgehead atoms. The number of amides is 1. The van der Waals surface area contributed by atoms with E-state index in [-0.39, 0.29) is 17.4 Å². The van der Waals surface area contributed by atoms with Crippen LogP contribution in [0.1, 0.15) is 42.1 Å². The molecule has 44 heavy (non-hydrogen) atoms. The van der Waals surface area contributed by atoms with Crippen LogP contribution in [-0.2, 0) is 27.4 Å². The van der Waals surface area contributed by atoms with E-state index in [4.69, 9.17) is 18.9 Å². The van der Waals surface area contributed by atoms with Crippen LogP contribution < -0.4 is 14.2 Å². The average Bonchev–Trinajstić information content (AvgIpc) is 3.54. The molecule has 3 aromatic carbocycles. The number of hydrogen-bond donors (Lipinski definition) is 1. The Labute approximate surface area is 257 Å². The highest BCUT2D eigenvalue weighted by Gasteiger charge is 2.46. The van der Waals surface area contributed by atoms with Crippen LogP contribution in [0.4, 0.5) is 0 Å². The number of nitrogens with zero attached hydrogens (tertiary/aromatic N) is 2. The van der Waals surface area contributed by atoms with Gasteiger partial charge in [0.15, 0.2) is 11.5 Å². The van der Waals surface area contributed by atoms with Crippen molar-refractivity contribution in [2.24, 2.45) is 0 Å². The molecule has 0 saturated carbocycles. The van der Waals surface area contributed by atoms with E-state index in [0.717, 1.165) is 30.0 Å². The second-order valence-electron chi connectivity index (χ2n) is 11.3. The van der Waals surface area contributed by atoms with E-state index in [2.05, 4.69) is 4.90 Å². The van der Waals surface area contributed by atoms with Crippen molar-refractivity contribution < 1.29 is 33.6 Å². The number of carbonyl (C=O) groups is 2. The zero-order chi connectivity index (χ0) is 30.6. The molecule has 9 nitrogen and oxygen atoms in total. The number of rotatable bonds is 10. The van der Waals surface area contributed by atoms with Crippen molar-refractivity contribution in [2.75, 3.05) is 46.0 Å². The van der Waals surface area contributed by atoms with E-state index in [1.54, 1.807) is 17.0 Å². The first-order chi connectivity index (χ1) is 21.4. The summed E-state index contributed by atoms with van der Waals surface area (Å²) >= 11 is 0. The van der Waals surface area contributed by atoms with Crippen LogP contribution in [-0.4, -0.2) is 78.7 Å². The second kappa shape index (κ2) is 13.1. The molecule has 1 N–H and O–H groups in total. The van der Waals surface area contributed by atoms with Gasteiger partial charge in [-0.3, -0.25) is 14.5 Å². The fourth-order valence-electron chi connectivity index (χ4n) is 6.07. The number of ether oxygens (including phenoxy) is 4. The zero-order valence-corrected chi connectivity index (χ0v) is 25.2. The van der Waals surface area contributed by atoms with Gasteiger partial charge in [0, 0.05) is 38.2 Å². The molecule has 0 aliphatic carbocycles. The Kier molecular flexibility index (Phi) is 8.86. The number of aliphatic hydroxyl groups excluding tert-OH is 1. The Hall–Kier alpha value is -4.34. The largest absolute Gasteiger partial charge is 0.507 e. The molecule has 2 fully saturated rings. The van der Waals surface area contributed by atoms with E-state index < -0.39 is 17.7 Å². The third-order valence-corrected chi connectivity index (χ3v) is 8.29. The number of Topliss-reactive ketones (excluding diaryl/α,β-unsaturated/α-hetero) is 1. The molecule has 3 aromatic rings. The Morgan fingerprint density at radius 2 is 1.75 bits per heavy atom. The summed E-state index contributed by atoms with van der Waals surface area (Å²) in [5, 5.41) is 11.7. The summed E-state index contributed by atoms with van der Waals surface area (Å²) in [5.41, 5.74) is 3.17. The van der Waals surface area contributed by atoms with E-state index in [1.807, 2.05) is 68.4 Å². The van der Waals surface area contributed by atoms with Crippen molar-refractivity contribution in [1.82, 2.24) is 9.80 Å². The van der Waals surface area contributed by atoms with Crippen LogP contribution in [0.25, 0.3) is 5.76 Å². The maximum absolute atomic E-state index is 13.7. The predicted molar refractivity (Wildman–Crippen MR) is 165 cm³/mol. The number of morpholine rings is 1. The predicted octanol–water partition coefficient (Wildman–Crippen LogP) is 4.74. The summed E-state index contributed by atoms with van der Waals surface area (Å²) in [6.45, 7) is 8.31. The first kappa shape index (κ1) is 29.7. The lowest BCUT2D eigenvalue weighted by Crippen LogP contribution is -2.42. The number of aliphatic hydroxyl groups is 1. The molecule has 2 saturated heterocycles. The van der Waals surface area contributed by atoms with Gasteiger partial charge >= 0.3 is 0 Å². The summed E-state index contributed by atoms with van der Waals surface area (Å²) in [5.74, 6) is 0.282. The van der Waals surface area contributed by atoms with Crippen LogP contribution in [0.3, 0.4) is 0 Å². The van der Waals surface area contributed by atoms with Crippen LogP contribution in [0, 0.1) is 0 Å². The van der Waals surface area contributed by atoms with Crippen LogP contribution in [0.15, 0.2) is 72.3 Å². The highest BCUT2D eigenvalue weighted by molar-refractivity contribution is 6.46. The maximum Gasteiger partial charge on any atom is 0.295 e. The molecule has 0 radical (unpaired) electrons. The third kappa shape index (κ3) is 6.16. The van der Waals surface area contributed by atoms with Crippen molar-refractivity contribution >= 4 is 17.4 Å². The Bertz CT molecular complexity index is 1550. The van der Waals surface area contributed by atoms with Crippen molar-refractivity contribution in [1.29, 1.82) is 0 Å². The monoisotopic (exact) mass is 598 g/mol. The molecule has 3 aliphatic heterocycles. The van der Waals surface area contributed by atoms with Gasteiger partial charge in [0.1, 0.15) is 24.2 Å². The molecule has 3 aliphatic rings. The van der Waals surface area contributed by atoms with Crippen molar-refractivity contribution in [3.8, 4) is 17.2 Å². The van der Waals surface area contributed by atoms with Gasteiger partial charge in [-0.1, -0.05) is 36.4 Å². The van der Waals surface area contributed by atoms with Gasteiger partial charge in [-0.2, -0.15) is 0 Å². The fourth-order valence-corrected chi connectivity index (χ4v) is 6.07. The van der Waals surface area contributed by atoms with Crippen LogP contribution in [0.5, 0.6) is 17.2 Å². The first-order valence-electron chi connectivity index (χ1n) is 15.2. The lowest BCUT2D eigenvalue weighted by atomic mass is 9.94. The normalized spacial score (nSPS) is 21.3. The number of carbonyl (C=O) groups excluding carboxylic acids is 2. The maximum atomic E-state index is 13.7. The summed E-state index contributed by atoms with van der Waals surface area (Å²) in [6.07, 6.45) is 0.739. The lowest BCUT2D eigenvalue weighted by Gasteiger charge is -2.31. The average molecular weight is 599 g/mol. The van der Waals surface area contributed by atoms with Crippen LogP contribution >= 0.6 is 0 Å². The van der Waals surface area contributed by atoms with Gasteiger partial charge in [0.05, 0.1) is 31.4 Å². The fraction of sp³-hybridized carbons (Fsp3) is 0.371. The molecule has 230 valence electrons. The molecule has 3 heterocycles. The minimum absolute atomic E-state index is 0.0350. The topological polar surface area (TPSA) is 97.8 Å². The summed E-state index contributed by atoms with van der Waals surface area (Å²) in [4.78, 5) is 31.0. The van der Waals surface area contributed by atoms with E-state index in [1.165, 1.54) is 0 Å². The third-order valence-electron chi connectivity index (χ3n) is 8.29. The van der Waals surface area contributed by atoms with Gasteiger partial charge in [-0.15, -0.1) is 0 Å². The van der Waals surface area contributed by atoms with Gasteiger partial charge in [-0.25, -0.2) is 0 Å². The molecule has 2 atom stereocenters. The molecule has 6 rings (SSSR count). The summed E-state index contributed by atoms with van der Waals surface area (Å²) in [6, 6.07) is 19.9. The molecule has 0 aromatic heterocycles. The number of benzene rings is 3. The number of hydrogen-bond acceptors (Lipinski definition) is 8. The van der Waals surface area contributed by atoms with Crippen molar-refractivity contribution in [3.63, 3.8) is 0 Å². The molecule has 0 unspecified atom stereocenters. The number of ketones is 1. The summed E-state index contributed by atoms with van der Waals surface area (Å²) < 4.78 is 23.4. The van der Waals surface area contributed by atoms with Gasteiger partial charge < -0.3 is 29.0 Å². The van der Waals surface area contributed by atoms with Gasteiger partial charge in [-0.05, 0) is 60.9 Å². The van der Waals surface area contributed by atoms with E-state index in [9.17, 15) is 14.7 Å². The molecular weight excluding hydrogens is 560 g/mol. The second-order valence-corrected chi connectivity index (χ2v) is 11.3. The number of fused-ring (bicyclic) bond motifs is 1. The highest BCUT2D eigenvalue weighted by atomic mass is 16.5. The minimum atomic E-state index is -0.804. The smallest absolute Gasteiger partial charge is 0.295 e. The quantitative estimate of drug-likeness (QED) is 0.203. The van der Waals surface area contributed by atoms with Gasteiger partial charge in [0.2, 0.25) is 0 Å². The van der Waals surface area contributed by atoms with Crippen molar-refractivity contribution in [3.05, 3.63) is 94.6 Å². The standard InChI is InChI=1S/C35H38N2O7/c1-3-42-30-21-25(9-12-29(30)43-22-24-7-5-4-6-8-24)32-31(33(38)26-10-11-28-27(20-26)19-23(2)44-28)34(39)35(40)37(32)14-13-36-15-17-41-18-16-36/h4-12,20-21,23,32,38H,3,13-19,22H2,1-2H3/b33-31+/t23-,32+/m1/s1. The number of likely N-dealkylation sites (tertiary alicyclic amines) is 1. The highest BCUT2D eigenvalue weighted by Crippen LogP contribution is 2.43. The lowest BCUT2D eigenvalue weighted by molar-refractivity contribution is -0.140. The summed E-state index contributed by atoms with van der Waals surface area (Å²) in [7, 11) is 0. The van der Waals surface area contributed by atoms with E-state index >= 15 is 0 Å². The molecule has 0 spiro atoms.